The molecule has 0 aromatic rings. The fourth-order valence-electron chi connectivity index (χ4n) is 6.54. The van der Waals surface area contributed by atoms with Gasteiger partial charge >= 0.3 is 5.97 Å². The van der Waals surface area contributed by atoms with Gasteiger partial charge in [-0.05, 0) is 38.5 Å². The molecule has 4 rings (SSSR count). The van der Waals surface area contributed by atoms with Crippen molar-refractivity contribution in [3.8, 4) is 0 Å². The SMILES string of the molecule is C=CCCCOC(=O)[C@@H]1[C@@H]2CCC3(O2)C(C(=O)N(CC=C)CCN2CCOCC2)N(CCCCO)C(=O)[C@H]13. The van der Waals surface area contributed by atoms with Crippen molar-refractivity contribution in [2.75, 3.05) is 65.7 Å². The number of hydrogen-bond acceptors (Lipinski definition) is 8. The zero-order chi connectivity index (χ0) is 27.1. The van der Waals surface area contributed by atoms with E-state index >= 15 is 0 Å². The van der Waals surface area contributed by atoms with Gasteiger partial charge in [0, 0.05) is 45.9 Å². The molecule has 2 unspecified atom stereocenters. The van der Waals surface area contributed by atoms with Gasteiger partial charge in [-0.25, -0.2) is 0 Å². The lowest BCUT2D eigenvalue weighted by Gasteiger charge is -2.37. The quantitative estimate of drug-likeness (QED) is 0.189. The number of aliphatic hydroxyl groups is 1. The molecule has 212 valence electrons. The Morgan fingerprint density at radius 1 is 1.16 bits per heavy atom. The highest BCUT2D eigenvalue weighted by Gasteiger charge is 2.75. The summed E-state index contributed by atoms with van der Waals surface area (Å²) in [6, 6.07) is -0.813. The van der Waals surface area contributed by atoms with Crippen LogP contribution < -0.4 is 0 Å². The van der Waals surface area contributed by atoms with Crippen molar-refractivity contribution in [2.24, 2.45) is 11.8 Å². The molecule has 0 radical (unpaired) electrons. The van der Waals surface area contributed by atoms with Gasteiger partial charge in [-0.3, -0.25) is 19.3 Å². The summed E-state index contributed by atoms with van der Waals surface area (Å²) in [5.41, 5.74) is -1.04. The van der Waals surface area contributed by atoms with E-state index in [-0.39, 0.29) is 25.0 Å². The van der Waals surface area contributed by atoms with Crippen molar-refractivity contribution in [2.45, 2.75) is 56.3 Å². The van der Waals surface area contributed by atoms with E-state index < -0.39 is 35.6 Å². The molecule has 4 fully saturated rings. The summed E-state index contributed by atoms with van der Waals surface area (Å²) in [4.78, 5) is 47.0. The summed E-state index contributed by atoms with van der Waals surface area (Å²) in [7, 11) is 0. The number of nitrogens with zero attached hydrogens (tertiary/aromatic N) is 3. The van der Waals surface area contributed by atoms with Gasteiger partial charge in [-0.15, -0.1) is 13.2 Å². The van der Waals surface area contributed by atoms with Crippen LogP contribution in [0.15, 0.2) is 25.3 Å². The van der Waals surface area contributed by atoms with Crippen molar-refractivity contribution >= 4 is 17.8 Å². The molecule has 4 aliphatic rings. The Morgan fingerprint density at radius 3 is 2.66 bits per heavy atom. The number of morpholine rings is 1. The van der Waals surface area contributed by atoms with Gasteiger partial charge in [0.2, 0.25) is 11.8 Å². The fourth-order valence-corrected chi connectivity index (χ4v) is 6.54. The van der Waals surface area contributed by atoms with Crippen LogP contribution in [-0.4, -0.2) is 121 Å². The van der Waals surface area contributed by atoms with Gasteiger partial charge in [0.25, 0.3) is 0 Å². The minimum Gasteiger partial charge on any atom is -0.465 e. The summed E-state index contributed by atoms with van der Waals surface area (Å²) in [5.74, 6) is -2.25. The monoisotopic (exact) mass is 533 g/mol. The number of ether oxygens (including phenoxy) is 3. The smallest absolute Gasteiger partial charge is 0.312 e. The first-order valence-electron chi connectivity index (χ1n) is 14.0. The van der Waals surface area contributed by atoms with E-state index in [9.17, 15) is 19.5 Å². The number of allylic oxidation sites excluding steroid dienone is 1. The van der Waals surface area contributed by atoms with Gasteiger partial charge < -0.3 is 29.1 Å². The number of fused-ring (bicyclic) bond motifs is 1. The van der Waals surface area contributed by atoms with Gasteiger partial charge in [0.15, 0.2) is 0 Å². The molecule has 38 heavy (non-hydrogen) atoms. The van der Waals surface area contributed by atoms with Crippen LogP contribution in [0.25, 0.3) is 0 Å². The lowest BCUT2D eigenvalue weighted by Crippen LogP contribution is -2.57. The first-order chi connectivity index (χ1) is 18.5. The first-order valence-corrected chi connectivity index (χ1v) is 14.0. The molecular formula is C28H43N3O7. The van der Waals surface area contributed by atoms with Crippen molar-refractivity contribution < 1.29 is 33.7 Å². The molecule has 4 aliphatic heterocycles. The lowest BCUT2D eigenvalue weighted by molar-refractivity contribution is -0.155. The Labute approximate surface area is 225 Å². The van der Waals surface area contributed by atoms with Crippen LogP contribution in [0.5, 0.6) is 0 Å². The molecule has 0 aliphatic carbocycles. The minimum atomic E-state index is -1.04. The van der Waals surface area contributed by atoms with Crippen LogP contribution in [0, 0.1) is 11.8 Å². The van der Waals surface area contributed by atoms with Crippen molar-refractivity contribution in [3.63, 3.8) is 0 Å². The Bertz CT molecular complexity index is 877. The van der Waals surface area contributed by atoms with Crippen LogP contribution >= 0.6 is 0 Å². The zero-order valence-corrected chi connectivity index (χ0v) is 22.4. The second-order valence-corrected chi connectivity index (χ2v) is 10.6. The summed E-state index contributed by atoms with van der Waals surface area (Å²) < 4.78 is 17.5. The number of hydrogen-bond donors (Lipinski definition) is 1. The summed E-state index contributed by atoms with van der Waals surface area (Å²) in [5, 5.41) is 9.34. The number of carbonyl (C=O) groups is 3. The van der Waals surface area contributed by atoms with Crippen LogP contribution in [0.4, 0.5) is 0 Å². The third-order valence-corrected chi connectivity index (χ3v) is 8.36. The van der Waals surface area contributed by atoms with Crippen LogP contribution in [-0.2, 0) is 28.6 Å². The Balaban J connectivity index is 1.56. The van der Waals surface area contributed by atoms with Gasteiger partial charge in [-0.1, -0.05) is 12.2 Å². The number of amides is 2. The molecule has 10 nitrogen and oxygen atoms in total. The molecule has 4 saturated heterocycles. The maximum atomic E-state index is 14.2. The van der Waals surface area contributed by atoms with Gasteiger partial charge in [0.1, 0.15) is 11.6 Å². The maximum absolute atomic E-state index is 14.2. The van der Waals surface area contributed by atoms with E-state index in [0.29, 0.717) is 71.5 Å². The van der Waals surface area contributed by atoms with E-state index in [0.717, 1.165) is 19.5 Å². The topological polar surface area (TPSA) is 109 Å². The van der Waals surface area contributed by atoms with Crippen LogP contribution in [0.2, 0.25) is 0 Å². The molecule has 1 spiro atoms. The van der Waals surface area contributed by atoms with Crippen molar-refractivity contribution in [3.05, 3.63) is 25.3 Å². The fraction of sp³-hybridized carbons (Fsp3) is 0.750. The van der Waals surface area contributed by atoms with E-state index in [4.69, 9.17) is 14.2 Å². The number of aliphatic hydroxyl groups excluding tert-OH is 1. The third kappa shape index (κ3) is 5.68. The van der Waals surface area contributed by atoms with E-state index in [1.54, 1.807) is 22.0 Å². The van der Waals surface area contributed by atoms with E-state index in [1.165, 1.54) is 0 Å². The molecule has 2 bridgehead atoms. The predicted molar refractivity (Wildman–Crippen MR) is 140 cm³/mol. The molecule has 5 atom stereocenters. The van der Waals surface area contributed by atoms with Crippen molar-refractivity contribution in [1.82, 2.24) is 14.7 Å². The predicted octanol–water partition coefficient (Wildman–Crippen LogP) is 0.990. The molecule has 0 aromatic carbocycles. The number of esters is 1. The number of carbonyl (C=O) groups excluding carboxylic acids is 3. The van der Waals surface area contributed by atoms with Crippen molar-refractivity contribution in [1.29, 1.82) is 0 Å². The number of likely N-dealkylation sites (tertiary alicyclic amines) is 1. The highest BCUT2D eigenvalue weighted by molar-refractivity contribution is 5.98. The van der Waals surface area contributed by atoms with Crippen LogP contribution in [0.1, 0.15) is 38.5 Å². The summed E-state index contributed by atoms with van der Waals surface area (Å²) in [6.45, 7) is 12.7. The largest absolute Gasteiger partial charge is 0.465 e. The lowest BCUT2D eigenvalue weighted by atomic mass is 9.70. The second-order valence-electron chi connectivity index (χ2n) is 10.6. The molecular weight excluding hydrogens is 490 g/mol. The first kappa shape index (κ1) is 28.7. The second kappa shape index (κ2) is 13.2. The molecule has 1 N–H and O–H groups in total. The standard InChI is InChI=1S/C28H43N3O7/c1-3-5-8-18-37-27(35)22-21-9-10-28(38-21)23(22)25(33)31(12-6-7-17-32)24(28)26(34)30(11-4-2)14-13-29-15-19-36-20-16-29/h3-4,21-24,32H,1-2,5-20H2/t21-,22+,23-,24?,28?/m0/s1. The normalized spacial score (nSPS) is 30.3. The molecule has 2 amide bonds. The number of rotatable bonds is 15. The zero-order valence-electron chi connectivity index (χ0n) is 22.4. The Morgan fingerprint density at radius 2 is 1.95 bits per heavy atom. The highest BCUT2D eigenvalue weighted by atomic mass is 16.6. The van der Waals surface area contributed by atoms with Crippen LogP contribution in [0.3, 0.4) is 0 Å². The maximum Gasteiger partial charge on any atom is 0.312 e. The number of unbranched alkanes of at least 4 members (excludes halogenated alkanes) is 2. The average Bonchev–Trinajstić information content (AvgIpc) is 3.57. The molecule has 4 heterocycles. The minimum absolute atomic E-state index is 0.00951. The molecule has 10 heteroatoms. The van der Waals surface area contributed by atoms with Gasteiger partial charge in [0.05, 0.1) is 37.8 Å². The third-order valence-electron chi connectivity index (χ3n) is 8.36. The average molecular weight is 534 g/mol. The van der Waals surface area contributed by atoms with Gasteiger partial charge in [-0.2, -0.15) is 0 Å². The molecule has 0 saturated carbocycles. The van der Waals surface area contributed by atoms with E-state index in [1.807, 2.05) is 0 Å². The summed E-state index contributed by atoms with van der Waals surface area (Å²) >= 11 is 0. The summed E-state index contributed by atoms with van der Waals surface area (Å²) in [6.07, 6.45) is 6.71. The molecule has 0 aromatic heterocycles. The Kier molecular flexibility index (Phi) is 9.97. The van der Waals surface area contributed by atoms with E-state index in [2.05, 4.69) is 18.1 Å². The Hall–Kier alpha value is -2.27. The highest BCUT2D eigenvalue weighted by Crippen LogP contribution is 2.58.